The van der Waals surface area contributed by atoms with Crippen LogP contribution in [-0.4, -0.2) is 55.2 Å². The van der Waals surface area contributed by atoms with E-state index < -0.39 is 5.97 Å². The third-order valence-corrected chi connectivity index (χ3v) is 2.25. The van der Waals surface area contributed by atoms with E-state index in [0.29, 0.717) is 19.4 Å². The molecular weight excluding hydrogens is 222 g/mol. The van der Waals surface area contributed by atoms with Gasteiger partial charge in [-0.3, -0.25) is 4.79 Å². The Bertz CT molecular complexity index is 244. The lowest BCUT2D eigenvalue weighted by molar-refractivity contribution is -0.137. The Morgan fingerprint density at radius 2 is 2.00 bits per heavy atom. The molecule has 0 aromatic carbocycles. The SMILES string of the molecule is CC(CCCC(=O)O)NC(=O)NCCN(C)C. The smallest absolute Gasteiger partial charge is 0.315 e. The van der Waals surface area contributed by atoms with E-state index in [4.69, 9.17) is 5.11 Å². The Hall–Kier alpha value is -1.30. The van der Waals surface area contributed by atoms with E-state index in [-0.39, 0.29) is 18.5 Å². The topological polar surface area (TPSA) is 81.7 Å². The van der Waals surface area contributed by atoms with E-state index in [9.17, 15) is 9.59 Å². The Morgan fingerprint density at radius 1 is 1.35 bits per heavy atom. The van der Waals surface area contributed by atoms with E-state index in [0.717, 1.165) is 6.54 Å². The van der Waals surface area contributed by atoms with Gasteiger partial charge in [0, 0.05) is 25.6 Å². The number of carbonyl (C=O) groups is 2. The van der Waals surface area contributed by atoms with Gasteiger partial charge in [-0.15, -0.1) is 0 Å². The molecular formula is C11H23N3O3. The van der Waals surface area contributed by atoms with E-state index in [1.165, 1.54) is 0 Å². The molecule has 6 heteroatoms. The highest BCUT2D eigenvalue weighted by Gasteiger charge is 2.07. The molecule has 0 spiro atoms. The van der Waals surface area contributed by atoms with Crippen LogP contribution in [0.2, 0.25) is 0 Å². The van der Waals surface area contributed by atoms with Crippen LogP contribution >= 0.6 is 0 Å². The Labute approximate surface area is 102 Å². The van der Waals surface area contributed by atoms with Gasteiger partial charge in [0.05, 0.1) is 0 Å². The molecule has 0 rings (SSSR count). The molecule has 0 aliphatic carbocycles. The first-order chi connectivity index (χ1) is 7.91. The van der Waals surface area contributed by atoms with Crippen molar-refractivity contribution in [1.29, 1.82) is 0 Å². The zero-order valence-electron chi connectivity index (χ0n) is 10.8. The number of urea groups is 1. The standard InChI is InChI=1S/C11H23N3O3/c1-9(5-4-6-10(15)16)13-11(17)12-7-8-14(2)3/h9H,4-8H2,1-3H3,(H,15,16)(H2,12,13,17). The molecule has 3 N–H and O–H groups in total. The molecule has 0 fully saturated rings. The van der Waals surface area contributed by atoms with Crippen LogP contribution in [-0.2, 0) is 4.79 Å². The fourth-order valence-corrected chi connectivity index (χ4v) is 1.30. The minimum absolute atomic E-state index is 0.00583. The van der Waals surface area contributed by atoms with Crippen molar-refractivity contribution >= 4 is 12.0 Å². The third-order valence-electron chi connectivity index (χ3n) is 2.25. The number of carbonyl (C=O) groups excluding carboxylic acids is 1. The van der Waals surface area contributed by atoms with Gasteiger partial charge in [-0.25, -0.2) is 4.79 Å². The number of nitrogens with zero attached hydrogens (tertiary/aromatic N) is 1. The summed E-state index contributed by atoms with van der Waals surface area (Å²) in [5.74, 6) is -0.798. The van der Waals surface area contributed by atoms with Gasteiger partial charge in [0.1, 0.15) is 0 Å². The molecule has 0 bridgehead atoms. The van der Waals surface area contributed by atoms with E-state index >= 15 is 0 Å². The van der Waals surface area contributed by atoms with E-state index in [2.05, 4.69) is 10.6 Å². The fraction of sp³-hybridized carbons (Fsp3) is 0.818. The maximum absolute atomic E-state index is 11.4. The number of aliphatic carboxylic acids is 1. The predicted molar refractivity (Wildman–Crippen MR) is 66.0 cm³/mol. The van der Waals surface area contributed by atoms with E-state index in [1.54, 1.807) is 0 Å². The van der Waals surface area contributed by atoms with Gasteiger partial charge in [0.2, 0.25) is 0 Å². The molecule has 0 aliphatic heterocycles. The van der Waals surface area contributed by atoms with Gasteiger partial charge in [-0.1, -0.05) is 0 Å². The minimum Gasteiger partial charge on any atom is -0.481 e. The maximum atomic E-state index is 11.4. The molecule has 0 radical (unpaired) electrons. The number of nitrogens with one attached hydrogen (secondary N) is 2. The van der Waals surface area contributed by atoms with E-state index in [1.807, 2.05) is 25.9 Å². The van der Waals surface area contributed by atoms with Crippen LogP contribution in [0.4, 0.5) is 4.79 Å². The normalized spacial score (nSPS) is 12.2. The molecule has 0 saturated carbocycles. The summed E-state index contributed by atoms with van der Waals surface area (Å²) < 4.78 is 0. The molecule has 6 nitrogen and oxygen atoms in total. The van der Waals surface area contributed by atoms with Crippen molar-refractivity contribution in [1.82, 2.24) is 15.5 Å². The Balaban J connectivity index is 3.55. The molecule has 1 unspecified atom stereocenters. The Morgan fingerprint density at radius 3 is 2.53 bits per heavy atom. The van der Waals surface area contributed by atoms with Crippen molar-refractivity contribution < 1.29 is 14.7 Å². The second-order valence-corrected chi connectivity index (χ2v) is 4.39. The summed E-state index contributed by atoms with van der Waals surface area (Å²) in [4.78, 5) is 23.7. The van der Waals surface area contributed by atoms with Gasteiger partial charge < -0.3 is 20.6 Å². The van der Waals surface area contributed by atoms with Crippen molar-refractivity contribution in [3.05, 3.63) is 0 Å². The largest absolute Gasteiger partial charge is 0.481 e. The molecule has 0 saturated heterocycles. The summed E-state index contributed by atoms with van der Waals surface area (Å²) in [5.41, 5.74) is 0. The second kappa shape index (κ2) is 8.81. The summed E-state index contributed by atoms with van der Waals surface area (Å²) in [6, 6.07) is -0.205. The van der Waals surface area contributed by atoms with Crippen LogP contribution in [0.25, 0.3) is 0 Å². The zero-order chi connectivity index (χ0) is 13.3. The molecule has 0 aliphatic rings. The van der Waals surface area contributed by atoms with Gasteiger partial charge in [-0.05, 0) is 33.9 Å². The number of likely N-dealkylation sites (N-methyl/N-ethyl adjacent to an activating group) is 1. The molecule has 0 aromatic rings. The first-order valence-electron chi connectivity index (χ1n) is 5.82. The van der Waals surface area contributed by atoms with Crippen LogP contribution < -0.4 is 10.6 Å². The number of carboxylic acids is 1. The van der Waals surface area contributed by atoms with Gasteiger partial charge in [0.15, 0.2) is 0 Å². The van der Waals surface area contributed by atoms with Crippen molar-refractivity contribution in [2.45, 2.75) is 32.2 Å². The molecule has 0 aromatic heterocycles. The molecule has 100 valence electrons. The molecule has 0 heterocycles. The quantitative estimate of drug-likeness (QED) is 0.581. The highest BCUT2D eigenvalue weighted by atomic mass is 16.4. The van der Waals surface area contributed by atoms with Crippen molar-refractivity contribution in [2.75, 3.05) is 27.2 Å². The van der Waals surface area contributed by atoms with Crippen LogP contribution in [0.15, 0.2) is 0 Å². The minimum atomic E-state index is -0.798. The Kier molecular flexibility index (Phi) is 8.13. The van der Waals surface area contributed by atoms with Gasteiger partial charge in [-0.2, -0.15) is 0 Å². The fourth-order valence-electron chi connectivity index (χ4n) is 1.30. The first kappa shape index (κ1) is 15.7. The number of hydrogen-bond acceptors (Lipinski definition) is 3. The lowest BCUT2D eigenvalue weighted by Crippen LogP contribution is -2.42. The molecule has 17 heavy (non-hydrogen) atoms. The first-order valence-corrected chi connectivity index (χ1v) is 5.82. The average molecular weight is 245 g/mol. The number of carboxylic acid groups (broad SMARTS) is 1. The third kappa shape index (κ3) is 11.0. The summed E-state index contributed by atoms with van der Waals surface area (Å²) in [6.45, 7) is 3.26. The van der Waals surface area contributed by atoms with Crippen LogP contribution in [0.1, 0.15) is 26.2 Å². The van der Waals surface area contributed by atoms with Crippen molar-refractivity contribution in [2.24, 2.45) is 0 Å². The number of rotatable bonds is 8. The number of amides is 2. The zero-order valence-corrected chi connectivity index (χ0v) is 10.8. The van der Waals surface area contributed by atoms with Crippen molar-refractivity contribution in [3.63, 3.8) is 0 Å². The maximum Gasteiger partial charge on any atom is 0.315 e. The summed E-state index contributed by atoms with van der Waals surface area (Å²) in [5, 5.41) is 14.0. The van der Waals surface area contributed by atoms with Gasteiger partial charge >= 0.3 is 12.0 Å². The molecule has 1 atom stereocenters. The summed E-state index contributed by atoms with van der Waals surface area (Å²) in [7, 11) is 3.88. The van der Waals surface area contributed by atoms with Crippen LogP contribution in [0.5, 0.6) is 0 Å². The highest BCUT2D eigenvalue weighted by molar-refractivity contribution is 5.74. The van der Waals surface area contributed by atoms with Gasteiger partial charge in [0.25, 0.3) is 0 Å². The lowest BCUT2D eigenvalue weighted by atomic mass is 10.1. The van der Waals surface area contributed by atoms with Crippen LogP contribution in [0, 0.1) is 0 Å². The monoisotopic (exact) mass is 245 g/mol. The number of hydrogen-bond donors (Lipinski definition) is 3. The summed E-state index contributed by atoms with van der Waals surface area (Å²) >= 11 is 0. The lowest BCUT2D eigenvalue weighted by Gasteiger charge is -2.15. The summed E-state index contributed by atoms with van der Waals surface area (Å²) in [6.07, 6.45) is 1.40. The second-order valence-electron chi connectivity index (χ2n) is 4.39. The van der Waals surface area contributed by atoms with Crippen LogP contribution in [0.3, 0.4) is 0 Å². The average Bonchev–Trinajstić information content (AvgIpc) is 2.15. The predicted octanol–water partition coefficient (Wildman–Crippen LogP) is 0.491. The highest BCUT2D eigenvalue weighted by Crippen LogP contribution is 2.00. The molecule has 2 amide bonds. The van der Waals surface area contributed by atoms with Crippen molar-refractivity contribution in [3.8, 4) is 0 Å².